The molecule has 0 amide bonds. The van der Waals surface area contributed by atoms with E-state index in [4.69, 9.17) is 9.47 Å². The molecule has 0 radical (unpaired) electrons. The maximum absolute atomic E-state index is 11.9. The first-order valence-corrected chi connectivity index (χ1v) is 4.61. The van der Waals surface area contributed by atoms with Crippen molar-refractivity contribution < 1.29 is 18.3 Å². The number of rotatable bonds is 6. The molecule has 1 N–H and O–H groups in total. The minimum absolute atomic E-state index is 0.103. The Morgan fingerprint density at radius 2 is 2.19 bits per heavy atom. The Hall–Kier alpha value is -1.50. The Morgan fingerprint density at radius 3 is 2.75 bits per heavy atom. The third kappa shape index (κ3) is 3.93. The van der Waals surface area contributed by atoms with Gasteiger partial charge in [0.25, 0.3) is 6.43 Å². The Morgan fingerprint density at radius 1 is 1.44 bits per heavy atom. The second-order valence-corrected chi connectivity index (χ2v) is 2.89. The largest absolute Gasteiger partial charge is 0.471 e. The van der Waals surface area contributed by atoms with Crippen LogP contribution in [0.2, 0.25) is 0 Å². The van der Waals surface area contributed by atoms with Crippen molar-refractivity contribution in [1.82, 2.24) is 9.97 Å². The number of alkyl halides is 2. The summed E-state index contributed by atoms with van der Waals surface area (Å²) >= 11 is 0. The molecule has 16 heavy (non-hydrogen) atoms. The van der Waals surface area contributed by atoms with Crippen LogP contribution < -0.4 is 10.1 Å². The van der Waals surface area contributed by atoms with Crippen LogP contribution in [0.1, 0.15) is 5.82 Å². The van der Waals surface area contributed by atoms with Crippen LogP contribution in [0.25, 0.3) is 0 Å². The highest BCUT2D eigenvalue weighted by molar-refractivity contribution is 5.37. The third-order valence-corrected chi connectivity index (χ3v) is 1.64. The van der Waals surface area contributed by atoms with Gasteiger partial charge in [-0.2, -0.15) is 4.98 Å². The number of aromatic nitrogens is 2. The van der Waals surface area contributed by atoms with Crippen LogP contribution in [0, 0.1) is 0 Å². The zero-order valence-corrected chi connectivity index (χ0v) is 9.04. The Balaban J connectivity index is 2.77. The van der Waals surface area contributed by atoms with E-state index in [9.17, 15) is 8.78 Å². The second kappa shape index (κ2) is 6.16. The van der Waals surface area contributed by atoms with E-state index < -0.39 is 13.0 Å². The highest BCUT2D eigenvalue weighted by Gasteiger charge is 2.08. The average Bonchev–Trinajstić information content (AvgIpc) is 2.26. The molecule has 90 valence electrons. The van der Waals surface area contributed by atoms with E-state index in [2.05, 4.69) is 15.3 Å². The van der Waals surface area contributed by atoms with E-state index in [0.29, 0.717) is 11.6 Å². The average molecular weight is 233 g/mol. The van der Waals surface area contributed by atoms with Gasteiger partial charge < -0.3 is 14.8 Å². The van der Waals surface area contributed by atoms with Gasteiger partial charge in [0.2, 0.25) is 5.88 Å². The number of nitrogens with zero attached hydrogens (tertiary/aromatic N) is 2. The van der Waals surface area contributed by atoms with Crippen molar-refractivity contribution in [3.05, 3.63) is 11.9 Å². The van der Waals surface area contributed by atoms with Gasteiger partial charge >= 0.3 is 0 Å². The molecule has 0 saturated carbocycles. The predicted molar refractivity (Wildman–Crippen MR) is 53.8 cm³/mol. The molecule has 1 rings (SSSR count). The minimum atomic E-state index is -2.53. The number of hydrogen-bond acceptors (Lipinski definition) is 5. The molecule has 0 saturated heterocycles. The molecule has 5 nitrogen and oxygen atoms in total. The van der Waals surface area contributed by atoms with Crippen LogP contribution in [0.4, 0.5) is 14.6 Å². The molecule has 0 aliphatic heterocycles. The molecule has 1 aromatic heterocycles. The molecule has 0 bridgehead atoms. The minimum Gasteiger partial charge on any atom is -0.471 e. The van der Waals surface area contributed by atoms with Crippen LogP contribution in [-0.2, 0) is 11.3 Å². The van der Waals surface area contributed by atoms with Crippen molar-refractivity contribution in [2.75, 3.05) is 26.1 Å². The fraction of sp³-hybridized carbons (Fsp3) is 0.556. The quantitative estimate of drug-likeness (QED) is 0.802. The summed E-state index contributed by atoms with van der Waals surface area (Å²) in [5.41, 5.74) is 0. The Bertz CT molecular complexity index is 337. The van der Waals surface area contributed by atoms with Crippen molar-refractivity contribution in [2.45, 2.75) is 13.0 Å². The van der Waals surface area contributed by atoms with Gasteiger partial charge in [-0.1, -0.05) is 0 Å². The summed E-state index contributed by atoms with van der Waals surface area (Å²) in [5.74, 6) is 0.969. The van der Waals surface area contributed by atoms with Crippen molar-refractivity contribution in [2.24, 2.45) is 0 Å². The number of nitrogens with one attached hydrogen (secondary N) is 1. The van der Waals surface area contributed by atoms with Gasteiger partial charge in [0.15, 0.2) is 12.4 Å². The lowest BCUT2D eigenvalue weighted by atomic mass is 10.5. The summed E-state index contributed by atoms with van der Waals surface area (Å²) in [7, 11) is 3.16. The first kappa shape index (κ1) is 12.6. The summed E-state index contributed by atoms with van der Waals surface area (Å²) in [5, 5.41) is 2.78. The lowest BCUT2D eigenvalue weighted by molar-refractivity contribution is 0.0790. The molecular weight excluding hydrogens is 220 g/mol. The summed E-state index contributed by atoms with van der Waals surface area (Å²) in [6, 6.07) is 1.45. The normalized spacial score (nSPS) is 10.6. The van der Waals surface area contributed by atoms with Crippen molar-refractivity contribution in [3.63, 3.8) is 0 Å². The lowest BCUT2D eigenvalue weighted by Gasteiger charge is -2.08. The molecule has 0 spiro atoms. The maximum Gasteiger partial charge on any atom is 0.272 e. The highest BCUT2D eigenvalue weighted by atomic mass is 19.3. The molecule has 7 heteroatoms. The van der Waals surface area contributed by atoms with Crippen molar-refractivity contribution >= 4 is 5.82 Å². The molecule has 0 aromatic carbocycles. The molecule has 0 unspecified atom stereocenters. The fourth-order valence-corrected chi connectivity index (χ4v) is 1.02. The maximum atomic E-state index is 11.9. The standard InChI is InChI=1S/C9H13F2N3O2/c1-12-7-3-9(16-4-6(10)11)14-8(13-7)5-15-2/h3,6H,4-5H2,1-2H3,(H,12,13,14). The Labute approximate surface area is 91.8 Å². The zero-order valence-electron chi connectivity index (χ0n) is 9.04. The van der Waals surface area contributed by atoms with Crippen LogP contribution in [-0.4, -0.2) is 37.2 Å². The van der Waals surface area contributed by atoms with Crippen LogP contribution >= 0.6 is 0 Å². The van der Waals surface area contributed by atoms with E-state index in [-0.39, 0.29) is 12.5 Å². The zero-order chi connectivity index (χ0) is 12.0. The van der Waals surface area contributed by atoms with Crippen LogP contribution in [0.15, 0.2) is 6.07 Å². The molecular formula is C9H13F2N3O2. The Kier molecular flexibility index (Phi) is 4.84. The van der Waals surface area contributed by atoms with Crippen LogP contribution in [0.5, 0.6) is 5.88 Å². The van der Waals surface area contributed by atoms with E-state index in [1.807, 2.05) is 0 Å². The van der Waals surface area contributed by atoms with Crippen molar-refractivity contribution in [1.29, 1.82) is 0 Å². The van der Waals surface area contributed by atoms with Gasteiger partial charge in [0, 0.05) is 20.2 Å². The van der Waals surface area contributed by atoms with Gasteiger partial charge in [-0.05, 0) is 0 Å². The van der Waals surface area contributed by atoms with E-state index in [0.717, 1.165) is 0 Å². The van der Waals surface area contributed by atoms with Gasteiger partial charge in [-0.3, -0.25) is 0 Å². The molecule has 0 aliphatic carbocycles. The second-order valence-electron chi connectivity index (χ2n) is 2.89. The van der Waals surface area contributed by atoms with E-state index >= 15 is 0 Å². The van der Waals surface area contributed by atoms with Gasteiger partial charge in [0.05, 0.1) is 0 Å². The molecule has 0 aliphatic rings. The van der Waals surface area contributed by atoms with Gasteiger partial charge in [0.1, 0.15) is 12.4 Å². The lowest BCUT2D eigenvalue weighted by Crippen LogP contribution is -2.10. The number of hydrogen-bond donors (Lipinski definition) is 1. The molecule has 0 atom stereocenters. The summed E-state index contributed by atoms with van der Waals surface area (Å²) in [4.78, 5) is 7.97. The number of methoxy groups -OCH3 is 1. The molecule has 0 fully saturated rings. The van der Waals surface area contributed by atoms with Gasteiger partial charge in [-0.15, -0.1) is 0 Å². The van der Waals surface area contributed by atoms with E-state index in [1.54, 1.807) is 7.05 Å². The molecule has 1 heterocycles. The smallest absolute Gasteiger partial charge is 0.272 e. The summed E-state index contributed by atoms with van der Waals surface area (Å²) in [6.45, 7) is -0.493. The van der Waals surface area contributed by atoms with Crippen molar-refractivity contribution in [3.8, 4) is 5.88 Å². The number of ether oxygens (including phenoxy) is 2. The number of anilines is 1. The van der Waals surface area contributed by atoms with E-state index in [1.165, 1.54) is 13.2 Å². The van der Waals surface area contributed by atoms with Crippen LogP contribution in [0.3, 0.4) is 0 Å². The molecule has 1 aromatic rings. The predicted octanol–water partition coefficient (Wildman–Crippen LogP) is 1.31. The number of halogens is 2. The highest BCUT2D eigenvalue weighted by Crippen LogP contribution is 2.14. The third-order valence-electron chi connectivity index (χ3n) is 1.64. The fourth-order valence-electron chi connectivity index (χ4n) is 1.02. The summed E-state index contributed by atoms with van der Waals surface area (Å²) in [6.07, 6.45) is -2.53. The first-order valence-electron chi connectivity index (χ1n) is 4.61. The SMILES string of the molecule is CNc1cc(OCC(F)F)nc(COC)n1. The topological polar surface area (TPSA) is 56.3 Å². The monoisotopic (exact) mass is 233 g/mol. The van der Waals surface area contributed by atoms with Gasteiger partial charge in [-0.25, -0.2) is 13.8 Å². The first-order chi connectivity index (χ1) is 7.65. The summed E-state index contributed by atoms with van der Waals surface area (Å²) < 4.78 is 33.5.